The molecule has 4 heterocycles. The fourth-order valence-corrected chi connectivity index (χ4v) is 4.60. The van der Waals surface area contributed by atoms with Crippen LogP contribution in [0.1, 0.15) is 47.8 Å². The van der Waals surface area contributed by atoms with Gasteiger partial charge in [0.25, 0.3) is 11.5 Å². The summed E-state index contributed by atoms with van der Waals surface area (Å²) in [4.78, 5) is 36.9. The average molecular weight is 383 g/mol. The highest BCUT2D eigenvalue weighted by molar-refractivity contribution is 7.15. The van der Waals surface area contributed by atoms with Gasteiger partial charge >= 0.3 is 0 Å². The SMILES string of the molecule is O=C(c1cnc2sccn2c1=O)N1CCC[C@H](c2nccn2CC2CC2)C1. The van der Waals surface area contributed by atoms with Crippen LogP contribution in [0.15, 0.2) is 35.0 Å². The molecule has 0 spiro atoms. The second-order valence-electron chi connectivity index (χ2n) is 7.50. The molecule has 27 heavy (non-hydrogen) atoms. The summed E-state index contributed by atoms with van der Waals surface area (Å²) in [5, 5.41) is 1.80. The highest BCUT2D eigenvalue weighted by Crippen LogP contribution is 2.33. The van der Waals surface area contributed by atoms with E-state index in [4.69, 9.17) is 0 Å². The Morgan fingerprint density at radius 2 is 2.11 bits per heavy atom. The van der Waals surface area contributed by atoms with Crippen molar-refractivity contribution in [1.82, 2.24) is 23.8 Å². The summed E-state index contributed by atoms with van der Waals surface area (Å²) >= 11 is 1.38. The van der Waals surface area contributed by atoms with E-state index < -0.39 is 0 Å². The number of piperidine rings is 1. The summed E-state index contributed by atoms with van der Waals surface area (Å²) in [5.41, 5.74) is -0.142. The first-order chi connectivity index (χ1) is 13.2. The van der Waals surface area contributed by atoms with Crippen LogP contribution in [0.3, 0.4) is 0 Å². The molecular weight excluding hydrogens is 362 g/mol. The van der Waals surface area contributed by atoms with E-state index in [0.29, 0.717) is 18.1 Å². The average Bonchev–Trinajstić information content (AvgIpc) is 3.17. The maximum absolute atomic E-state index is 13.0. The third-order valence-corrected chi connectivity index (χ3v) is 6.32. The summed E-state index contributed by atoms with van der Waals surface area (Å²) in [6.45, 7) is 2.30. The Morgan fingerprint density at radius 1 is 1.22 bits per heavy atom. The summed E-state index contributed by atoms with van der Waals surface area (Å²) in [7, 11) is 0. The van der Waals surface area contributed by atoms with Crippen LogP contribution in [-0.2, 0) is 6.54 Å². The number of nitrogens with zero attached hydrogens (tertiary/aromatic N) is 5. The first kappa shape index (κ1) is 16.7. The molecule has 1 saturated carbocycles. The van der Waals surface area contributed by atoms with Gasteiger partial charge in [-0.3, -0.25) is 14.0 Å². The van der Waals surface area contributed by atoms with Gasteiger partial charge in [0.15, 0.2) is 4.96 Å². The van der Waals surface area contributed by atoms with Gasteiger partial charge in [-0.05, 0) is 31.6 Å². The lowest BCUT2D eigenvalue weighted by atomic mass is 9.96. The van der Waals surface area contributed by atoms with Gasteiger partial charge in [0.1, 0.15) is 11.4 Å². The van der Waals surface area contributed by atoms with Gasteiger partial charge < -0.3 is 9.47 Å². The maximum Gasteiger partial charge on any atom is 0.271 e. The predicted octanol–water partition coefficient (Wildman–Crippen LogP) is 2.38. The molecule has 3 aromatic rings. The normalized spacial score (nSPS) is 20.3. The molecule has 0 N–H and O–H groups in total. The zero-order valence-corrected chi connectivity index (χ0v) is 15.8. The van der Waals surface area contributed by atoms with Crippen LogP contribution in [0.4, 0.5) is 0 Å². The van der Waals surface area contributed by atoms with E-state index in [9.17, 15) is 9.59 Å². The van der Waals surface area contributed by atoms with Crippen LogP contribution in [0.5, 0.6) is 0 Å². The molecule has 1 aliphatic carbocycles. The molecule has 5 rings (SSSR count). The second kappa shape index (κ2) is 6.60. The minimum atomic E-state index is -0.288. The molecule has 0 bridgehead atoms. The van der Waals surface area contributed by atoms with Gasteiger partial charge in [0.05, 0.1) is 0 Å². The lowest BCUT2D eigenvalue weighted by Gasteiger charge is -2.32. The van der Waals surface area contributed by atoms with Gasteiger partial charge in [-0.2, -0.15) is 0 Å². The fraction of sp³-hybridized carbons (Fsp3) is 0.474. The van der Waals surface area contributed by atoms with Crippen LogP contribution in [0.25, 0.3) is 4.96 Å². The van der Waals surface area contributed by atoms with Crippen molar-refractivity contribution in [3.05, 3.63) is 51.9 Å². The summed E-state index contributed by atoms with van der Waals surface area (Å²) < 4.78 is 3.70. The van der Waals surface area contributed by atoms with E-state index in [1.165, 1.54) is 34.8 Å². The van der Waals surface area contributed by atoms with E-state index in [0.717, 1.165) is 31.1 Å². The molecule has 1 amide bonds. The number of hydrogen-bond donors (Lipinski definition) is 0. The Bertz CT molecular complexity index is 1050. The molecule has 2 aliphatic rings. The smallest absolute Gasteiger partial charge is 0.271 e. The van der Waals surface area contributed by atoms with Crippen molar-refractivity contribution < 1.29 is 4.79 Å². The molecule has 1 aliphatic heterocycles. The Morgan fingerprint density at radius 3 is 2.96 bits per heavy atom. The minimum Gasteiger partial charge on any atom is -0.338 e. The number of hydrogen-bond acceptors (Lipinski definition) is 5. The molecule has 1 atom stereocenters. The van der Waals surface area contributed by atoms with E-state index in [-0.39, 0.29) is 22.9 Å². The number of likely N-dealkylation sites (tertiary alicyclic amines) is 1. The van der Waals surface area contributed by atoms with E-state index in [1.54, 1.807) is 16.5 Å². The van der Waals surface area contributed by atoms with Gasteiger partial charge in [-0.15, -0.1) is 11.3 Å². The molecule has 1 saturated heterocycles. The molecule has 7 nitrogen and oxygen atoms in total. The topological polar surface area (TPSA) is 72.5 Å². The number of thiazole rings is 1. The molecule has 8 heteroatoms. The lowest BCUT2D eigenvalue weighted by molar-refractivity contribution is 0.0700. The largest absolute Gasteiger partial charge is 0.338 e. The monoisotopic (exact) mass is 383 g/mol. The number of fused-ring (bicyclic) bond motifs is 1. The summed E-state index contributed by atoms with van der Waals surface area (Å²) in [5.74, 6) is 1.85. The predicted molar refractivity (Wildman–Crippen MR) is 102 cm³/mol. The number of carbonyl (C=O) groups is 1. The standard InChI is InChI=1S/C19H21N5O2S/c25-17(15-10-21-19-24(18(15)26)8-9-27-19)23-6-1-2-14(12-23)16-20-5-7-22(16)11-13-3-4-13/h5,7-10,13-14H,1-4,6,11-12H2/t14-/m0/s1. The van der Waals surface area contributed by atoms with Gasteiger partial charge in [0.2, 0.25) is 0 Å². The number of aromatic nitrogens is 4. The molecule has 2 fully saturated rings. The van der Waals surface area contributed by atoms with Crippen LogP contribution in [-0.4, -0.2) is 42.8 Å². The van der Waals surface area contributed by atoms with Gasteiger partial charge in [-0.25, -0.2) is 9.97 Å². The van der Waals surface area contributed by atoms with Gasteiger partial charge in [0, 0.05) is 55.7 Å². The Kier molecular flexibility index (Phi) is 4.07. The van der Waals surface area contributed by atoms with Crippen LogP contribution in [0, 0.1) is 5.92 Å². The molecule has 0 radical (unpaired) electrons. The van der Waals surface area contributed by atoms with Gasteiger partial charge in [-0.1, -0.05) is 0 Å². The molecule has 0 unspecified atom stereocenters. The molecular formula is C19H21N5O2S. The zero-order chi connectivity index (χ0) is 18.4. The van der Waals surface area contributed by atoms with Crippen molar-refractivity contribution in [2.45, 2.75) is 38.1 Å². The van der Waals surface area contributed by atoms with Crippen molar-refractivity contribution in [3.63, 3.8) is 0 Å². The molecule has 140 valence electrons. The Balaban J connectivity index is 1.38. The van der Waals surface area contributed by atoms with Crippen molar-refractivity contribution in [2.75, 3.05) is 13.1 Å². The zero-order valence-electron chi connectivity index (χ0n) is 15.0. The summed E-state index contributed by atoms with van der Waals surface area (Å²) in [6, 6.07) is 0. The molecule has 0 aromatic carbocycles. The Labute approximate surface area is 160 Å². The highest BCUT2D eigenvalue weighted by atomic mass is 32.1. The quantitative estimate of drug-likeness (QED) is 0.693. The van der Waals surface area contributed by atoms with E-state index in [2.05, 4.69) is 20.7 Å². The van der Waals surface area contributed by atoms with Crippen LogP contribution in [0.2, 0.25) is 0 Å². The molecule has 3 aromatic heterocycles. The number of carbonyl (C=O) groups excluding carboxylic acids is 1. The highest BCUT2D eigenvalue weighted by Gasteiger charge is 2.30. The Hall–Kier alpha value is -2.48. The number of amides is 1. The third kappa shape index (κ3) is 3.07. The van der Waals surface area contributed by atoms with E-state index >= 15 is 0 Å². The summed E-state index contributed by atoms with van der Waals surface area (Å²) in [6.07, 6.45) is 11.5. The third-order valence-electron chi connectivity index (χ3n) is 5.55. The number of imidazole rings is 1. The van der Waals surface area contributed by atoms with Crippen molar-refractivity contribution in [1.29, 1.82) is 0 Å². The van der Waals surface area contributed by atoms with Crippen molar-refractivity contribution >= 4 is 22.2 Å². The van der Waals surface area contributed by atoms with Crippen molar-refractivity contribution in [3.8, 4) is 0 Å². The maximum atomic E-state index is 13.0. The minimum absolute atomic E-state index is 0.146. The first-order valence-corrected chi connectivity index (χ1v) is 10.3. The van der Waals surface area contributed by atoms with Crippen molar-refractivity contribution in [2.24, 2.45) is 5.92 Å². The first-order valence-electron chi connectivity index (χ1n) is 9.46. The second-order valence-corrected chi connectivity index (χ2v) is 8.38. The lowest BCUT2D eigenvalue weighted by Crippen LogP contribution is -2.42. The number of rotatable bonds is 4. The van der Waals surface area contributed by atoms with E-state index in [1.807, 2.05) is 6.20 Å². The van der Waals surface area contributed by atoms with Crippen LogP contribution < -0.4 is 5.56 Å². The van der Waals surface area contributed by atoms with Crippen LogP contribution >= 0.6 is 11.3 Å². The fourth-order valence-electron chi connectivity index (χ4n) is 3.93.